The highest BCUT2D eigenvalue weighted by Gasteiger charge is 2.15. The van der Waals surface area contributed by atoms with Gasteiger partial charge in [0, 0.05) is 12.5 Å². The molecule has 6 heteroatoms. The van der Waals surface area contributed by atoms with Crippen molar-refractivity contribution < 1.29 is 13.9 Å². The van der Waals surface area contributed by atoms with Gasteiger partial charge in [0.2, 0.25) is 6.43 Å². The molecule has 0 aliphatic heterocycles. The molecule has 0 amide bonds. The molecular formula is C9H9F2I2NO. The molecule has 0 saturated carbocycles. The number of halogens is 4. The second-order valence-electron chi connectivity index (χ2n) is 3.07. The van der Waals surface area contributed by atoms with E-state index in [2.05, 4.69) is 0 Å². The molecule has 0 unspecified atom stereocenters. The number of phenolic OH excluding ortho intramolecular Hbond substituents is 1. The Kier molecular flexibility index (Phi) is 4.97. The van der Waals surface area contributed by atoms with Crippen molar-refractivity contribution >= 4 is 45.2 Å². The first-order valence-electron chi connectivity index (χ1n) is 4.13. The van der Waals surface area contributed by atoms with Gasteiger partial charge in [0.25, 0.3) is 0 Å². The van der Waals surface area contributed by atoms with Gasteiger partial charge in [0.15, 0.2) is 0 Å². The Bertz CT molecular complexity index is 337. The van der Waals surface area contributed by atoms with Crippen molar-refractivity contribution in [2.75, 3.05) is 0 Å². The Morgan fingerprint density at radius 2 is 1.73 bits per heavy atom. The lowest BCUT2D eigenvalue weighted by Crippen LogP contribution is -2.14. The lowest BCUT2D eigenvalue weighted by molar-refractivity contribution is 0.128. The third-order valence-corrected chi connectivity index (χ3v) is 3.54. The van der Waals surface area contributed by atoms with Crippen molar-refractivity contribution in [2.24, 2.45) is 5.73 Å². The number of alkyl halides is 2. The highest BCUT2D eigenvalue weighted by atomic mass is 127. The van der Waals surface area contributed by atoms with Crippen LogP contribution in [0.15, 0.2) is 12.1 Å². The molecule has 0 aliphatic rings. The molecular weight excluding hydrogens is 430 g/mol. The topological polar surface area (TPSA) is 46.2 Å². The lowest BCUT2D eigenvalue weighted by atomic mass is 10.1. The molecule has 0 fully saturated rings. The highest BCUT2D eigenvalue weighted by molar-refractivity contribution is 14.1. The van der Waals surface area contributed by atoms with Gasteiger partial charge in [-0.05, 0) is 62.9 Å². The standard InChI is InChI=1S/C9H9F2I2NO/c10-8(11)3-7(14)4-1-5(12)9(15)6(13)2-4/h1-2,7-8,15H,3,14H2/t7-/m0/s1. The predicted octanol–water partition coefficient (Wildman–Crippen LogP) is 3.26. The van der Waals surface area contributed by atoms with E-state index in [0.717, 1.165) is 0 Å². The molecule has 2 nitrogen and oxygen atoms in total. The summed E-state index contributed by atoms with van der Waals surface area (Å²) < 4.78 is 25.5. The molecule has 0 aromatic heterocycles. The summed E-state index contributed by atoms with van der Waals surface area (Å²) in [5.74, 6) is 0.171. The number of hydrogen-bond acceptors (Lipinski definition) is 2. The molecule has 3 N–H and O–H groups in total. The van der Waals surface area contributed by atoms with Crippen LogP contribution in [0.5, 0.6) is 5.75 Å². The number of phenols is 1. The molecule has 0 saturated heterocycles. The molecule has 1 aromatic carbocycles. The first kappa shape index (κ1) is 13.4. The maximum atomic E-state index is 12.1. The van der Waals surface area contributed by atoms with Gasteiger partial charge < -0.3 is 10.8 Å². The fourth-order valence-electron chi connectivity index (χ4n) is 1.13. The van der Waals surface area contributed by atoms with Crippen LogP contribution in [0.2, 0.25) is 0 Å². The van der Waals surface area contributed by atoms with Crippen molar-refractivity contribution in [3.8, 4) is 5.75 Å². The number of hydrogen-bond donors (Lipinski definition) is 2. The van der Waals surface area contributed by atoms with Crippen LogP contribution < -0.4 is 5.73 Å². The molecule has 15 heavy (non-hydrogen) atoms. The number of nitrogens with two attached hydrogens (primary N) is 1. The molecule has 1 rings (SSSR count). The maximum absolute atomic E-state index is 12.1. The minimum atomic E-state index is -2.41. The van der Waals surface area contributed by atoms with Crippen molar-refractivity contribution in [1.29, 1.82) is 0 Å². The second-order valence-corrected chi connectivity index (χ2v) is 5.39. The van der Waals surface area contributed by atoms with Crippen LogP contribution in [0.3, 0.4) is 0 Å². The molecule has 0 aliphatic carbocycles. The fourth-order valence-corrected chi connectivity index (χ4v) is 2.94. The Balaban J connectivity index is 2.95. The summed E-state index contributed by atoms with van der Waals surface area (Å²) in [5.41, 5.74) is 6.24. The van der Waals surface area contributed by atoms with E-state index in [1.165, 1.54) is 0 Å². The van der Waals surface area contributed by atoms with Crippen molar-refractivity contribution in [2.45, 2.75) is 18.9 Å². The first-order chi connectivity index (χ1) is 6.91. The summed E-state index contributed by atoms with van der Waals surface area (Å²) >= 11 is 3.89. The molecule has 1 aromatic rings. The summed E-state index contributed by atoms with van der Waals surface area (Å²) in [4.78, 5) is 0. The van der Waals surface area contributed by atoms with Gasteiger partial charge in [0.05, 0.1) is 7.14 Å². The van der Waals surface area contributed by atoms with E-state index in [4.69, 9.17) is 5.73 Å². The van der Waals surface area contributed by atoms with Crippen LogP contribution in [-0.2, 0) is 0 Å². The van der Waals surface area contributed by atoms with Gasteiger partial charge in [-0.25, -0.2) is 8.78 Å². The smallest absolute Gasteiger partial charge is 0.240 e. The Morgan fingerprint density at radius 3 is 2.13 bits per heavy atom. The summed E-state index contributed by atoms with van der Waals surface area (Å²) in [6, 6.07) is 2.57. The zero-order chi connectivity index (χ0) is 11.6. The first-order valence-corrected chi connectivity index (χ1v) is 6.29. The normalized spacial score (nSPS) is 13.2. The number of benzene rings is 1. The van der Waals surface area contributed by atoms with E-state index in [9.17, 15) is 13.9 Å². The average Bonchev–Trinajstić information content (AvgIpc) is 2.12. The summed E-state index contributed by atoms with van der Waals surface area (Å²) in [7, 11) is 0. The highest BCUT2D eigenvalue weighted by Crippen LogP contribution is 2.30. The van der Waals surface area contributed by atoms with Gasteiger partial charge in [-0.3, -0.25) is 0 Å². The molecule has 1 atom stereocenters. The Morgan fingerprint density at radius 1 is 1.27 bits per heavy atom. The van der Waals surface area contributed by atoms with Crippen molar-refractivity contribution in [3.63, 3.8) is 0 Å². The van der Waals surface area contributed by atoms with Gasteiger partial charge in [-0.1, -0.05) is 0 Å². The third-order valence-electron chi connectivity index (χ3n) is 1.90. The summed E-state index contributed by atoms with van der Waals surface area (Å²) in [5, 5.41) is 9.49. The maximum Gasteiger partial charge on any atom is 0.240 e. The molecule has 0 heterocycles. The largest absolute Gasteiger partial charge is 0.506 e. The molecule has 0 bridgehead atoms. The molecule has 0 radical (unpaired) electrons. The van der Waals surface area contributed by atoms with Crippen LogP contribution in [0.25, 0.3) is 0 Å². The Hall–Kier alpha value is 0.300. The summed E-state index contributed by atoms with van der Waals surface area (Å²) in [6.45, 7) is 0. The van der Waals surface area contributed by atoms with Crippen molar-refractivity contribution in [3.05, 3.63) is 24.8 Å². The van der Waals surface area contributed by atoms with E-state index >= 15 is 0 Å². The van der Waals surface area contributed by atoms with Gasteiger partial charge in [0.1, 0.15) is 5.75 Å². The van der Waals surface area contributed by atoms with E-state index in [1.807, 2.05) is 45.2 Å². The van der Waals surface area contributed by atoms with Gasteiger partial charge >= 0.3 is 0 Å². The van der Waals surface area contributed by atoms with Crippen molar-refractivity contribution in [1.82, 2.24) is 0 Å². The van der Waals surface area contributed by atoms with E-state index < -0.39 is 12.5 Å². The van der Waals surface area contributed by atoms with Crippen LogP contribution in [0, 0.1) is 7.14 Å². The monoisotopic (exact) mass is 439 g/mol. The minimum Gasteiger partial charge on any atom is -0.506 e. The quantitative estimate of drug-likeness (QED) is 0.711. The minimum absolute atomic E-state index is 0.171. The third kappa shape index (κ3) is 3.66. The van der Waals surface area contributed by atoms with Crippen LogP contribution >= 0.6 is 45.2 Å². The lowest BCUT2D eigenvalue weighted by Gasteiger charge is -2.13. The second kappa shape index (κ2) is 5.58. The van der Waals surface area contributed by atoms with Gasteiger partial charge in [-0.15, -0.1) is 0 Å². The Labute approximate surface area is 114 Å². The van der Waals surface area contributed by atoms with E-state index in [1.54, 1.807) is 12.1 Å². The van der Waals surface area contributed by atoms with Crippen LogP contribution in [0.1, 0.15) is 18.0 Å². The van der Waals surface area contributed by atoms with Crippen LogP contribution in [0.4, 0.5) is 8.78 Å². The van der Waals surface area contributed by atoms with E-state index in [0.29, 0.717) is 12.7 Å². The zero-order valence-electron chi connectivity index (χ0n) is 7.55. The number of aromatic hydroxyl groups is 1. The fraction of sp³-hybridized carbons (Fsp3) is 0.333. The zero-order valence-corrected chi connectivity index (χ0v) is 11.9. The van der Waals surface area contributed by atoms with Gasteiger partial charge in [-0.2, -0.15) is 0 Å². The SMILES string of the molecule is N[C@@H](CC(F)F)c1cc(I)c(O)c(I)c1. The predicted molar refractivity (Wildman–Crippen MR) is 71.1 cm³/mol. The van der Waals surface area contributed by atoms with Crippen LogP contribution in [-0.4, -0.2) is 11.5 Å². The summed E-state index contributed by atoms with van der Waals surface area (Å²) in [6.07, 6.45) is -2.78. The van der Waals surface area contributed by atoms with E-state index in [-0.39, 0.29) is 12.2 Å². The molecule has 0 spiro atoms. The number of rotatable bonds is 3. The average molecular weight is 439 g/mol. The molecule has 84 valence electrons.